The minimum Gasteiger partial charge on any atom is -0.396 e. The molecule has 0 radical (unpaired) electrons. The predicted molar refractivity (Wildman–Crippen MR) is 91.9 cm³/mol. The van der Waals surface area contributed by atoms with Crippen LogP contribution in [-0.2, 0) is 0 Å². The van der Waals surface area contributed by atoms with Crippen molar-refractivity contribution < 1.29 is 9.90 Å². The monoisotopic (exact) mass is 329 g/mol. The topological polar surface area (TPSA) is 95.1 Å². The first-order valence-corrected chi connectivity index (χ1v) is 8.60. The molecule has 3 rings (SSSR count). The van der Waals surface area contributed by atoms with Gasteiger partial charge in [-0.1, -0.05) is 31.4 Å². The normalized spacial score (nSPS) is 16.9. The zero-order valence-corrected chi connectivity index (χ0v) is 13.6. The maximum Gasteiger partial charge on any atom is 0.287 e. The summed E-state index contributed by atoms with van der Waals surface area (Å²) < 4.78 is 0. The van der Waals surface area contributed by atoms with Gasteiger partial charge in [0.05, 0.1) is 10.9 Å². The number of fused-ring (bicyclic) bond motifs is 1. The highest BCUT2D eigenvalue weighted by molar-refractivity contribution is 5.92. The van der Waals surface area contributed by atoms with E-state index in [-0.39, 0.29) is 29.9 Å². The number of rotatable bonds is 5. The van der Waals surface area contributed by atoms with Crippen molar-refractivity contribution in [3.63, 3.8) is 0 Å². The molecule has 3 N–H and O–H groups in total. The molecular formula is C18H23N3O3. The third kappa shape index (κ3) is 3.64. The largest absolute Gasteiger partial charge is 0.396 e. The van der Waals surface area contributed by atoms with Crippen LogP contribution in [0.3, 0.4) is 0 Å². The van der Waals surface area contributed by atoms with Crippen LogP contribution in [0, 0.1) is 5.92 Å². The van der Waals surface area contributed by atoms with E-state index >= 15 is 0 Å². The molecule has 1 atom stereocenters. The summed E-state index contributed by atoms with van der Waals surface area (Å²) in [7, 11) is 0. The lowest BCUT2D eigenvalue weighted by atomic mass is 9.82. The van der Waals surface area contributed by atoms with Crippen LogP contribution in [0.25, 0.3) is 10.9 Å². The number of aliphatic hydroxyl groups is 1. The number of aromatic nitrogens is 2. The van der Waals surface area contributed by atoms with Gasteiger partial charge in [-0.05, 0) is 37.3 Å². The highest BCUT2D eigenvalue weighted by Gasteiger charge is 2.25. The molecule has 1 aliphatic rings. The van der Waals surface area contributed by atoms with Crippen molar-refractivity contribution >= 4 is 16.8 Å². The van der Waals surface area contributed by atoms with Crippen molar-refractivity contribution in [3.8, 4) is 0 Å². The molecule has 1 heterocycles. The third-order valence-corrected chi connectivity index (χ3v) is 4.80. The summed E-state index contributed by atoms with van der Waals surface area (Å²) in [5, 5.41) is 12.7. The number of nitrogens with one attached hydrogen (secondary N) is 2. The van der Waals surface area contributed by atoms with E-state index in [0.717, 1.165) is 25.7 Å². The molecule has 1 aliphatic carbocycles. The Hall–Kier alpha value is -2.21. The lowest BCUT2D eigenvalue weighted by Crippen LogP contribution is -2.42. The summed E-state index contributed by atoms with van der Waals surface area (Å²) in [5.41, 5.74) is 0.185. The summed E-state index contributed by atoms with van der Waals surface area (Å²) in [6.45, 7) is 0.0309. The molecule has 0 bridgehead atoms. The Morgan fingerprint density at radius 3 is 2.79 bits per heavy atom. The molecule has 0 saturated heterocycles. The van der Waals surface area contributed by atoms with Crippen molar-refractivity contribution in [1.82, 2.24) is 15.3 Å². The van der Waals surface area contributed by atoms with Crippen LogP contribution in [0.15, 0.2) is 29.1 Å². The fourth-order valence-corrected chi connectivity index (χ4v) is 3.53. The number of benzene rings is 1. The number of aliphatic hydroxyl groups excluding tert-OH is 1. The van der Waals surface area contributed by atoms with Crippen LogP contribution in [-0.4, -0.2) is 33.6 Å². The lowest BCUT2D eigenvalue weighted by Gasteiger charge is -2.30. The molecule has 128 valence electrons. The summed E-state index contributed by atoms with van der Waals surface area (Å²) in [5.74, 6) is 0.0151. The van der Waals surface area contributed by atoms with Gasteiger partial charge >= 0.3 is 0 Å². The number of aromatic amines is 1. The van der Waals surface area contributed by atoms with Gasteiger partial charge < -0.3 is 15.4 Å². The molecule has 1 saturated carbocycles. The second kappa shape index (κ2) is 7.57. The van der Waals surface area contributed by atoms with Crippen LogP contribution < -0.4 is 10.9 Å². The lowest BCUT2D eigenvalue weighted by molar-refractivity contribution is 0.0889. The summed E-state index contributed by atoms with van der Waals surface area (Å²) in [6, 6.07) is 6.86. The smallest absolute Gasteiger partial charge is 0.287 e. The zero-order chi connectivity index (χ0) is 16.9. The molecule has 1 amide bonds. The predicted octanol–water partition coefficient (Wildman–Crippen LogP) is 1.98. The molecule has 6 heteroatoms. The molecule has 2 aromatic rings. The molecule has 24 heavy (non-hydrogen) atoms. The summed E-state index contributed by atoms with van der Waals surface area (Å²) >= 11 is 0. The van der Waals surface area contributed by atoms with Gasteiger partial charge in [-0.15, -0.1) is 0 Å². The molecule has 1 fully saturated rings. The van der Waals surface area contributed by atoms with E-state index in [4.69, 9.17) is 0 Å². The number of hydrogen-bond donors (Lipinski definition) is 3. The Bertz CT molecular complexity index is 765. The Labute approximate surface area is 140 Å². The highest BCUT2D eigenvalue weighted by atomic mass is 16.3. The molecule has 6 nitrogen and oxygen atoms in total. The van der Waals surface area contributed by atoms with Gasteiger partial charge in [0.1, 0.15) is 0 Å². The van der Waals surface area contributed by atoms with Crippen LogP contribution in [0.4, 0.5) is 0 Å². The Balaban J connectivity index is 1.80. The van der Waals surface area contributed by atoms with Gasteiger partial charge in [-0.3, -0.25) is 9.59 Å². The number of carbonyl (C=O) groups excluding carboxylic acids is 1. The Morgan fingerprint density at radius 2 is 2.04 bits per heavy atom. The fourth-order valence-electron chi connectivity index (χ4n) is 3.53. The quantitative estimate of drug-likeness (QED) is 0.782. The van der Waals surface area contributed by atoms with Crippen molar-refractivity contribution in [2.24, 2.45) is 5.92 Å². The van der Waals surface area contributed by atoms with Crippen molar-refractivity contribution in [2.75, 3.05) is 6.61 Å². The zero-order valence-electron chi connectivity index (χ0n) is 13.6. The minimum atomic E-state index is -0.387. The van der Waals surface area contributed by atoms with Crippen LogP contribution in [0.5, 0.6) is 0 Å². The maximum atomic E-state index is 12.5. The molecule has 1 aromatic carbocycles. The number of hydrogen-bond acceptors (Lipinski definition) is 4. The average molecular weight is 329 g/mol. The first kappa shape index (κ1) is 16.6. The summed E-state index contributed by atoms with van der Waals surface area (Å²) in [4.78, 5) is 31.5. The highest BCUT2D eigenvalue weighted by Crippen LogP contribution is 2.27. The second-order valence-electron chi connectivity index (χ2n) is 6.42. The SMILES string of the molecule is O=C(NC(CCO)C1CCCCC1)c1nc2ccccc2c(=O)[nH]1. The Morgan fingerprint density at radius 1 is 1.29 bits per heavy atom. The van der Waals surface area contributed by atoms with E-state index < -0.39 is 0 Å². The molecule has 0 aliphatic heterocycles. The van der Waals surface area contributed by atoms with E-state index in [9.17, 15) is 14.7 Å². The van der Waals surface area contributed by atoms with Gasteiger partial charge in [0.25, 0.3) is 11.5 Å². The third-order valence-electron chi connectivity index (χ3n) is 4.80. The maximum absolute atomic E-state index is 12.5. The van der Waals surface area contributed by atoms with E-state index in [0.29, 0.717) is 23.2 Å². The summed E-state index contributed by atoms with van der Waals surface area (Å²) in [6.07, 6.45) is 6.20. The number of carbonyl (C=O) groups is 1. The van der Waals surface area contributed by atoms with Crippen molar-refractivity contribution in [2.45, 2.75) is 44.6 Å². The van der Waals surface area contributed by atoms with Crippen molar-refractivity contribution in [1.29, 1.82) is 0 Å². The van der Waals surface area contributed by atoms with E-state index in [1.807, 2.05) is 0 Å². The number of nitrogens with zero attached hydrogens (tertiary/aromatic N) is 1. The molecule has 1 unspecified atom stereocenters. The fraction of sp³-hybridized carbons (Fsp3) is 0.500. The minimum absolute atomic E-state index is 0.0254. The van der Waals surface area contributed by atoms with E-state index in [1.54, 1.807) is 24.3 Å². The van der Waals surface area contributed by atoms with Gasteiger partial charge in [0.2, 0.25) is 0 Å². The van der Waals surface area contributed by atoms with Crippen LogP contribution in [0.1, 0.15) is 49.1 Å². The Kier molecular flexibility index (Phi) is 5.25. The molecule has 1 aromatic heterocycles. The number of amides is 1. The van der Waals surface area contributed by atoms with E-state index in [1.165, 1.54) is 6.42 Å². The average Bonchev–Trinajstić information content (AvgIpc) is 2.62. The van der Waals surface area contributed by atoms with Gasteiger partial charge in [-0.25, -0.2) is 4.98 Å². The molecular weight excluding hydrogens is 306 g/mol. The van der Waals surface area contributed by atoms with E-state index in [2.05, 4.69) is 15.3 Å². The molecule has 0 spiro atoms. The standard InChI is InChI=1S/C18H23N3O3/c22-11-10-14(12-6-2-1-3-7-12)20-18(24)16-19-15-9-5-4-8-13(15)17(23)21-16/h4-5,8-9,12,14,22H,1-3,6-7,10-11H2,(H,20,24)(H,19,21,23). The number of para-hydroxylation sites is 1. The van der Waals surface area contributed by atoms with Gasteiger partial charge in [0.15, 0.2) is 5.82 Å². The second-order valence-corrected chi connectivity index (χ2v) is 6.42. The first-order chi connectivity index (χ1) is 11.7. The van der Waals surface area contributed by atoms with Crippen LogP contribution >= 0.6 is 0 Å². The van der Waals surface area contributed by atoms with Gasteiger partial charge in [-0.2, -0.15) is 0 Å². The van der Waals surface area contributed by atoms with Gasteiger partial charge in [0, 0.05) is 12.6 Å². The van der Waals surface area contributed by atoms with Crippen molar-refractivity contribution in [3.05, 3.63) is 40.4 Å². The van der Waals surface area contributed by atoms with Crippen LogP contribution in [0.2, 0.25) is 0 Å². The number of H-pyrrole nitrogens is 1. The first-order valence-electron chi connectivity index (χ1n) is 8.60.